The fourth-order valence-electron chi connectivity index (χ4n) is 3.77. The minimum atomic E-state index is -0.102. The molecule has 2 atom stereocenters. The normalized spacial score (nSPS) is 25.0. The van der Waals surface area contributed by atoms with E-state index < -0.39 is 0 Å². The standard InChI is InChI=1S/C18H28ClNO/c1-6-20-16(11-13-8-7-9-14(19)10-13)15-12-17(2,3)21-18(15,4)5/h7-10,15-16,20H,6,11-12H2,1-5H3. The molecule has 3 heteroatoms. The molecular weight excluding hydrogens is 282 g/mol. The highest BCUT2D eigenvalue weighted by molar-refractivity contribution is 6.30. The first kappa shape index (κ1) is 16.8. The summed E-state index contributed by atoms with van der Waals surface area (Å²) < 4.78 is 6.27. The van der Waals surface area contributed by atoms with Gasteiger partial charge in [-0.15, -0.1) is 0 Å². The molecule has 118 valence electrons. The number of ether oxygens (including phenoxy) is 1. The Morgan fingerprint density at radius 3 is 2.57 bits per heavy atom. The SMILES string of the molecule is CCNC(Cc1cccc(Cl)c1)C1CC(C)(C)OC1(C)C. The highest BCUT2D eigenvalue weighted by Crippen LogP contribution is 2.44. The molecule has 1 aromatic carbocycles. The van der Waals surface area contributed by atoms with Crippen molar-refractivity contribution < 1.29 is 4.74 Å². The predicted molar refractivity (Wildman–Crippen MR) is 90.0 cm³/mol. The Bertz CT molecular complexity index is 484. The summed E-state index contributed by atoms with van der Waals surface area (Å²) >= 11 is 6.12. The van der Waals surface area contributed by atoms with Gasteiger partial charge in [-0.05, 0) is 64.8 Å². The Morgan fingerprint density at radius 1 is 1.33 bits per heavy atom. The smallest absolute Gasteiger partial charge is 0.0677 e. The molecule has 2 unspecified atom stereocenters. The molecule has 1 aliphatic rings. The van der Waals surface area contributed by atoms with Gasteiger partial charge in [0.1, 0.15) is 0 Å². The molecule has 21 heavy (non-hydrogen) atoms. The number of rotatable bonds is 5. The van der Waals surface area contributed by atoms with Crippen molar-refractivity contribution in [3.63, 3.8) is 0 Å². The number of halogens is 1. The molecule has 0 aliphatic carbocycles. The number of hydrogen-bond acceptors (Lipinski definition) is 2. The van der Waals surface area contributed by atoms with Gasteiger partial charge in [-0.25, -0.2) is 0 Å². The van der Waals surface area contributed by atoms with Crippen LogP contribution in [0.5, 0.6) is 0 Å². The van der Waals surface area contributed by atoms with Crippen molar-refractivity contribution in [3.8, 4) is 0 Å². The average Bonchev–Trinajstić information content (AvgIpc) is 2.57. The van der Waals surface area contributed by atoms with Gasteiger partial charge in [0.15, 0.2) is 0 Å². The summed E-state index contributed by atoms with van der Waals surface area (Å²) in [5.74, 6) is 0.492. The van der Waals surface area contributed by atoms with E-state index in [4.69, 9.17) is 16.3 Å². The van der Waals surface area contributed by atoms with Crippen molar-refractivity contribution in [2.24, 2.45) is 5.92 Å². The maximum absolute atomic E-state index is 6.27. The summed E-state index contributed by atoms with van der Waals surface area (Å²) in [4.78, 5) is 0. The lowest BCUT2D eigenvalue weighted by molar-refractivity contribution is -0.0776. The van der Waals surface area contributed by atoms with Crippen LogP contribution in [0.3, 0.4) is 0 Å². The third-order valence-corrected chi connectivity index (χ3v) is 4.68. The Hall–Kier alpha value is -0.570. The summed E-state index contributed by atoms with van der Waals surface area (Å²) in [6, 6.07) is 8.59. The zero-order chi connectivity index (χ0) is 15.7. The van der Waals surface area contributed by atoms with Crippen LogP contribution in [-0.2, 0) is 11.2 Å². The van der Waals surface area contributed by atoms with Crippen LogP contribution in [0.2, 0.25) is 5.02 Å². The van der Waals surface area contributed by atoms with Gasteiger partial charge in [0.25, 0.3) is 0 Å². The molecule has 0 saturated carbocycles. The third-order valence-electron chi connectivity index (χ3n) is 4.44. The van der Waals surface area contributed by atoms with Crippen molar-refractivity contribution in [1.29, 1.82) is 0 Å². The van der Waals surface area contributed by atoms with Gasteiger partial charge < -0.3 is 10.1 Å². The molecule has 1 heterocycles. The number of likely N-dealkylation sites (N-methyl/N-ethyl adjacent to an activating group) is 1. The van der Waals surface area contributed by atoms with E-state index >= 15 is 0 Å². The molecule has 0 radical (unpaired) electrons. The van der Waals surface area contributed by atoms with Crippen LogP contribution >= 0.6 is 11.6 Å². The Balaban J connectivity index is 2.19. The number of benzene rings is 1. The quantitative estimate of drug-likeness (QED) is 0.867. The lowest BCUT2D eigenvalue weighted by Crippen LogP contribution is -2.45. The van der Waals surface area contributed by atoms with Gasteiger partial charge in [0, 0.05) is 17.0 Å². The Labute approximate surface area is 134 Å². The predicted octanol–water partition coefficient (Wildman–Crippen LogP) is 4.45. The van der Waals surface area contributed by atoms with Crippen LogP contribution in [0.15, 0.2) is 24.3 Å². The fraction of sp³-hybridized carbons (Fsp3) is 0.667. The van der Waals surface area contributed by atoms with E-state index in [1.165, 1.54) is 5.56 Å². The average molecular weight is 310 g/mol. The van der Waals surface area contributed by atoms with E-state index in [2.05, 4.69) is 52.1 Å². The zero-order valence-electron chi connectivity index (χ0n) is 13.9. The van der Waals surface area contributed by atoms with Crippen molar-refractivity contribution >= 4 is 11.6 Å². The molecule has 1 aliphatic heterocycles. The maximum atomic E-state index is 6.27. The van der Waals surface area contributed by atoms with E-state index in [-0.39, 0.29) is 11.2 Å². The molecule has 1 saturated heterocycles. The Kier molecular flexibility index (Phi) is 5.02. The molecule has 0 aromatic heterocycles. The summed E-state index contributed by atoms with van der Waals surface area (Å²) in [7, 11) is 0. The maximum Gasteiger partial charge on any atom is 0.0677 e. The first-order valence-electron chi connectivity index (χ1n) is 7.91. The fourth-order valence-corrected chi connectivity index (χ4v) is 3.98. The van der Waals surface area contributed by atoms with Gasteiger partial charge in [-0.2, -0.15) is 0 Å². The number of hydrogen-bond donors (Lipinski definition) is 1. The molecule has 2 rings (SSSR count). The topological polar surface area (TPSA) is 21.3 Å². The Morgan fingerprint density at radius 2 is 2.05 bits per heavy atom. The summed E-state index contributed by atoms with van der Waals surface area (Å²) in [6.07, 6.45) is 2.07. The van der Waals surface area contributed by atoms with Crippen LogP contribution in [-0.4, -0.2) is 23.8 Å². The number of nitrogens with one attached hydrogen (secondary N) is 1. The van der Waals surface area contributed by atoms with Crippen molar-refractivity contribution in [2.45, 2.75) is 64.7 Å². The van der Waals surface area contributed by atoms with Gasteiger partial charge in [-0.1, -0.05) is 30.7 Å². The van der Waals surface area contributed by atoms with E-state index in [0.29, 0.717) is 12.0 Å². The van der Waals surface area contributed by atoms with Gasteiger partial charge in [-0.3, -0.25) is 0 Å². The van der Waals surface area contributed by atoms with Gasteiger partial charge in [0.05, 0.1) is 11.2 Å². The largest absolute Gasteiger partial charge is 0.369 e. The van der Waals surface area contributed by atoms with E-state index in [1.807, 2.05) is 12.1 Å². The van der Waals surface area contributed by atoms with Crippen molar-refractivity contribution in [3.05, 3.63) is 34.9 Å². The van der Waals surface area contributed by atoms with Gasteiger partial charge >= 0.3 is 0 Å². The van der Waals surface area contributed by atoms with Crippen LogP contribution in [0.1, 0.15) is 46.6 Å². The molecule has 1 N–H and O–H groups in total. The highest BCUT2D eigenvalue weighted by atomic mass is 35.5. The monoisotopic (exact) mass is 309 g/mol. The van der Waals surface area contributed by atoms with Crippen LogP contribution in [0.4, 0.5) is 0 Å². The van der Waals surface area contributed by atoms with Crippen LogP contribution in [0.25, 0.3) is 0 Å². The van der Waals surface area contributed by atoms with Gasteiger partial charge in [0.2, 0.25) is 0 Å². The lowest BCUT2D eigenvalue weighted by Gasteiger charge is -2.33. The third kappa shape index (κ3) is 4.21. The van der Waals surface area contributed by atoms with E-state index in [9.17, 15) is 0 Å². The van der Waals surface area contributed by atoms with Crippen molar-refractivity contribution in [2.75, 3.05) is 6.54 Å². The van der Waals surface area contributed by atoms with E-state index in [1.54, 1.807) is 0 Å². The molecule has 0 amide bonds. The minimum absolute atomic E-state index is 0.0455. The molecule has 1 fully saturated rings. The second kappa shape index (κ2) is 6.28. The minimum Gasteiger partial charge on any atom is -0.369 e. The molecule has 2 nitrogen and oxygen atoms in total. The summed E-state index contributed by atoms with van der Waals surface area (Å²) in [5.41, 5.74) is 1.14. The molecule has 0 bridgehead atoms. The molecule has 0 spiro atoms. The van der Waals surface area contributed by atoms with E-state index in [0.717, 1.165) is 24.4 Å². The lowest BCUT2D eigenvalue weighted by atomic mass is 9.79. The summed E-state index contributed by atoms with van der Waals surface area (Å²) in [5, 5.41) is 4.47. The second-order valence-electron chi connectivity index (χ2n) is 7.27. The van der Waals surface area contributed by atoms with Crippen molar-refractivity contribution in [1.82, 2.24) is 5.32 Å². The molecular formula is C18H28ClNO. The first-order chi connectivity index (χ1) is 9.73. The zero-order valence-corrected chi connectivity index (χ0v) is 14.6. The first-order valence-corrected chi connectivity index (χ1v) is 8.29. The second-order valence-corrected chi connectivity index (χ2v) is 7.71. The highest BCUT2D eigenvalue weighted by Gasteiger charge is 2.48. The van der Waals surface area contributed by atoms with Crippen LogP contribution < -0.4 is 5.32 Å². The summed E-state index contributed by atoms with van der Waals surface area (Å²) in [6.45, 7) is 12.0. The molecule has 1 aromatic rings. The van der Waals surface area contributed by atoms with Crippen LogP contribution in [0, 0.1) is 5.92 Å².